The number of benzene rings is 6. The van der Waals surface area contributed by atoms with Gasteiger partial charge in [-0.15, -0.1) is 0 Å². The maximum Gasteiger partial charge on any atom is 1.00 e. The van der Waals surface area contributed by atoms with Crippen LogP contribution in [-0.2, 0) is 80.9 Å². The third kappa shape index (κ3) is 16.8. The van der Waals surface area contributed by atoms with Crippen molar-refractivity contribution in [3.8, 4) is 22.6 Å². The van der Waals surface area contributed by atoms with Crippen molar-refractivity contribution in [3.05, 3.63) is 105 Å². The van der Waals surface area contributed by atoms with Crippen LogP contribution < -0.4 is 188 Å². The van der Waals surface area contributed by atoms with Crippen LogP contribution in [-0.4, -0.2) is 137 Å². The number of aromatic hydroxyl groups is 2. The van der Waals surface area contributed by atoms with E-state index in [-0.39, 0.29) is 214 Å². The molecule has 0 bridgehead atoms. The molecule has 86 heavy (non-hydrogen) atoms. The normalized spacial score (nSPS) is 14.8. The molecular formula is C40H20N4Na6O28S8. The summed E-state index contributed by atoms with van der Waals surface area (Å²) in [5.41, 5.74) is -8.42. The van der Waals surface area contributed by atoms with Crippen LogP contribution in [0.5, 0.6) is 11.5 Å². The minimum atomic E-state index is -6.12. The number of phenolic OH excluding ortho intramolecular Hbond substituents is 2. The fourth-order valence-electron chi connectivity index (χ4n) is 8.07. The number of anilines is 2. The number of carbonyl (C=O) groups excluding carboxylic acids is 2. The quantitative estimate of drug-likeness (QED) is 0.0355. The number of phenols is 2. The Kier molecular flexibility index (Phi) is 26.2. The van der Waals surface area contributed by atoms with Crippen LogP contribution in [0.4, 0.5) is 11.4 Å². The summed E-state index contributed by atoms with van der Waals surface area (Å²) >= 11 is 0. The van der Waals surface area contributed by atoms with Gasteiger partial charge in [0, 0.05) is 28.0 Å². The molecule has 0 saturated heterocycles. The molecule has 2 aliphatic rings. The number of hydrogen-bond donors (Lipinski definition) is 6. The van der Waals surface area contributed by atoms with E-state index in [4.69, 9.17) is 0 Å². The second-order valence-electron chi connectivity index (χ2n) is 16.4. The Morgan fingerprint density at radius 3 is 0.930 bits per heavy atom. The molecule has 0 spiro atoms. The van der Waals surface area contributed by atoms with Gasteiger partial charge in [0.05, 0.1) is 50.6 Å². The van der Waals surface area contributed by atoms with Gasteiger partial charge in [-0.1, -0.05) is 0 Å². The fourth-order valence-corrected chi connectivity index (χ4v) is 12.6. The first-order valence-corrected chi connectivity index (χ1v) is 31.6. The number of rotatable bonds is 13. The van der Waals surface area contributed by atoms with E-state index in [1.165, 1.54) is 0 Å². The monoisotopic (exact) mass is 1400 g/mol. The topological polar surface area (TPSA) is 575 Å². The summed E-state index contributed by atoms with van der Waals surface area (Å²) in [6, 6.07) is 4.29. The van der Waals surface area contributed by atoms with Crippen molar-refractivity contribution in [2.75, 3.05) is 10.9 Å². The Morgan fingerprint density at radius 1 is 0.360 bits per heavy atom. The zero-order chi connectivity index (χ0) is 59.7. The summed E-state index contributed by atoms with van der Waals surface area (Å²) in [5, 5.41) is 25.9. The number of hydrazone groups is 2. The molecule has 6 aromatic rings. The molecule has 46 heteroatoms. The molecule has 8 rings (SSSR count). The molecule has 0 atom stereocenters. The molecule has 0 aromatic heterocycles. The van der Waals surface area contributed by atoms with Crippen molar-refractivity contribution >= 4 is 149 Å². The Bertz CT molecular complexity index is 4740. The number of allylic oxidation sites excluding steroid dienone is 2. The summed E-state index contributed by atoms with van der Waals surface area (Å²) in [4.78, 5) is 18.3. The molecule has 32 nitrogen and oxygen atoms in total. The maximum atomic E-state index is 14.8. The van der Waals surface area contributed by atoms with E-state index in [1.54, 1.807) is 0 Å². The average Bonchev–Trinajstić information content (AvgIpc) is 0.844. The van der Waals surface area contributed by atoms with E-state index in [9.17, 15) is 124 Å². The first-order valence-electron chi connectivity index (χ1n) is 20.2. The van der Waals surface area contributed by atoms with E-state index in [0.717, 1.165) is 0 Å². The minimum absolute atomic E-state index is 0. The predicted molar refractivity (Wildman–Crippen MR) is 261 cm³/mol. The average molecular weight is 1400 g/mol. The van der Waals surface area contributed by atoms with Crippen molar-refractivity contribution in [2.24, 2.45) is 10.2 Å². The van der Waals surface area contributed by atoms with Crippen LogP contribution in [0, 0.1) is 0 Å². The maximum absolute atomic E-state index is 14.8. The van der Waals surface area contributed by atoms with Crippen LogP contribution in [0.2, 0.25) is 0 Å². The van der Waals surface area contributed by atoms with Crippen LogP contribution in [0.15, 0.2) is 122 Å². The number of carbonyl (C=O) groups is 2. The number of nitrogens with one attached hydrogen (secondary N) is 2. The van der Waals surface area contributed by atoms with Gasteiger partial charge in [-0.25, -0.2) is 50.5 Å². The van der Waals surface area contributed by atoms with Gasteiger partial charge in [0.15, 0.2) is 0 Å². The summed E-state index contributed by atoms with van der Waals surface area (Å²) in [7, 11) is -45.7. The summed E-state index contributed by atoms with van der Waals surface area (Å²) in [5.74, 6) is -6.23. The minimum Gasteiger partial charge on any atom is -0.744 e. The zero-order valence-corrected chi connectivity index (χ0v) is 62.4. The van der Waals surface area contributed by atoms with Gasteiger partial charge in [0.1, 0.15) is 83.6 Å². The second-order valence-corrected chi connectivity index (χ2v) is 27.4. The molecule has 0 aliphatic heterocycles. The van der Waals surface area contributed by atoms with Gasteiger partial charge in [0.25, 0.3) is 20.2 Å². The van der Waals surface area contributed by atoms with Crippen molar-refractivity contribution in [1.82, 2.24) is 0 Å². The summed E-state index contributed by atoms with van der Waals surface area (Å²) in [6.07, 6.45) is 0.310. The molecule has 0 amide bonds. The Labute approximate surface area is 618 Å². The molecule has 0 saturated carbocycles. The van der Waals surface area contributed by atoms with Gasteiger partial charge < -0.3 is 37.5 Å². The van der Waals surface area contributed by atoms with Crippen molar-refractivity contribution < 1.29 is 301 Å². The van der Waals surface area contributed by atoms with Crippen molar-refractivity contribution in [1.29, 1.82) is 0 Å². The van der Waals surface area contributed by atoms with E-state index in [1.807, 2.05) is 10.9 Å². The molecule has 2 aliphatic carbocycles. The Balaban J connectivity index is 0.00000420. The van der Waals surface area contributed by atoms with Gasteiger partial charge in [-0.2, -0.15) is 27.0 Å². The number of hydrogen-bond acceptors (Lipinski definition) is 30. The number of ketones is 2. The third-order valence-electron chi connectivity index (χ3n) is 11.3. The van der Waals surface area contributed by atoms with Crippen LogP contribution >= 0.6 is 0 Å². The summed E-state index contributed by atoms with van der Waals surface area (Å²) in [6.45, 7) is 0. The van der Waals surface area contributed by atoms with Gasteiger partial charge in [-0.3, -0.25) is 29.5 Å². The van der Waals surface area contributed by atoms with E-state index in [2.05, 4.69) is 10.2 Å². The smallest absolute Gasteiger partial charge is 0.744 e. The molecule has 0 radical (unpaired) electrons. The van der Waals surface area contributed by atoms with Crippen LogP contribution in [0.1, 0.15) is 31.8 Å². The molecule has 0 heterocycles. The molecule has 0 fully saturated rings. The molecule has 0 unspecified atom stereocenters. The number of fused-ring (bicyclic) bond motifs is 4. The van der Waals surface area contributed by atoms with Crippen LogP contribution in [0.3, 0.4) is 0 Å². The van der Waals surface area contributed by atoms with E-state index >= 15 is 0 Å². The number of nitrogens with zero attached hydrogens (tertiary/aromatic N) is 2. The largest absolute Gasteiger partial charge is 1.00 e. The van der Waals surface area contributed by atoms with E-state index < -0.39 is 221 Å². The van der Waals surface area contributed by atoms with Crippen LogP contribution in [0.25, 0.3) is 44.8 Å². The Hall–Kier alpha value is -1.52. The first-order chi connectivity index (χ1) is 36.3. The van der Waals surface area contributed by atoms with Gasteiger partial charge in [-0.05, 0) is 112 Å². The first kappa shape index (κ1) is 80.6. The third-order valence-corrected chi connectivity index (χ3v) is 17.9. The fraction of sp³-hybridized carbons (Fsp3) is 0. The molecule has 6 aromatic carbocycles. The zero-order valence-electron chi connectivity index (χ0n) is 43.8. The number of Topliss-reactive ketones (excluding diaryl/α,β-unsaturated/α-hetero) is 2. The van der Waals surface area contributed by atoms with Crippen molar-refractivity contribution in [2.45, 2.75) is 29.4 Å². The molecule has 6 N–H and O–H groups in total. The molecular weight excluding hydrogens is 1380 g/mol. The standard InChI is InChI=1S/C40H26N4O28S8.6Na/c45-29-13-23(77(61,62)63)3-15-1-21(75(55,56)57)11-27(35(15)29)41-43-37-31(79(67,68)69)7-17-5-19(73(49,50)51)9-25(33(17)39(37)47)26-10-20(74(52,53)54)6-18-8-32(80(70,71)72)38(40(48)34(18)26)44-42-28-12-22(76(58,59)60)2-16-4-24(78(64,65)66)14-30(46)36(16)28;;;;;;/h1-14,41-42,45-46H,(H,49,50,51)(H,52,53,54)(H,55,56,57)(H,58,59,60)(H,61,62,63)(H,64,65,66)(H,67,68,69)(H,70,71,72);;;;;;/q;6*+1/p-6/b43-37+,44-38+;;;;;;. The van der Waals surface area contributed by atoms with Crippen molar-refractivity contribution in [3.63, 3.8) is 0 Å². The second kappa shape index (κ2) is 28.0. The predicted octanol–water partition coefficient (Wildman–Crippen LogP) is -17.7. The van der Waals surface area contributed by atoms with Gasteiger partial charge in [0.2, 0.25) is 11.6 Å². The SMILES string of the molecule is O=C1/C(=N/Nc2cc(S(=O)(=O)[O-])cc3cc(S(=O)(=O)[O-])cc(O)c23)C(S(=O)(=O)[O-])=Cc2cc(S(=O)(=O)[O-])cc(-c3cc(S(=O)(=O)[O-])cc4c3C(=O)/C(=N/Nc3cc(S(=O)(=O)O)cc5cc(S(=O)(=O)O)cc(O)c35)C(S(=O)(=O)[O-])=C4)c21.[Na+].[Na+].[Na+].[Na+].[Na+].[Na+]. The summed E-state index contributed by atoms with van der Waals surface area (Å²) < 4.78 is 293. The Morgan fingerprint density at radius 2 is 0.628 bits per heavy atom. The van der Waals surface area contributed by atoms with Gasteiger partial charge >= 0.3 is 177 Å². The van der Waals surface area contributed by atoms with E-state index in [0.29, 0.717) is 48.5 Å². The molecule has 422 valence electrons.